The number of methoxy groups -OCH3 is 3. The fourth-order valence-corrected chi connectivity index (χ4v) is 3.91. The summed E-state index contributed by atoms with van der Waals surface area (Å²) >= 11 is 0. The van der Waals surface area contributed by atoms with Gasteiger partial charge in [-0.1, -0.05) is 13.8 Å². The lowest BCUT2D eigenvalue weighted by molar-refractivity contribution is -0.136. The van der Waals surface area contributed by atoms with Crippen LogP contribution in [0.15, 0.2) is 24.4 Å². The van der Waals surface area contributed by atoms with E-state index in [0.717, 1.165) is 24.1 Å². The number of hydrogen-bond donors (Lipinski definition) is 0. The van der Waals surface area contributed by atoms with Gasteiger partial charge >= 0.3 is 0 Å². The molecule has 31 heavy (non-hydrogen) atoms. The molecular weight excluding hydrogens is 396 g/mol. The Kier molecular flexibility index (Phi) is 7.55. The van der Waals surface area contributed by atoms with E-state index in [2.05, 4.69) is 23.7 Å². The van der Waals surface area contributed by atoms with Crippen molar-refractivity contribution in [3.63, 3.8) is 0 Å². The molecule has 0 radical (unpaired) electrons. The van der Waals surface area contributed by atoms with E-state index in [1.165, 1.54) is 0 Å². The molecule has 0 N–H and O–H groups in total. The lowest BCUT2D eigenvalue weighted by Gasteiger charge is -2.36. The molecule has 8 heteroatoms. The largest absolute Gasteiger partial charge is 0.493 e. The molecule has 1 aliphatic heterocycles. The van der Waals surface area contributed by atoms with Crippen LogP contribution in [0.4, 0.5) is 5.95 Å². The third-order valence-electron chi connectivity index (χ3n) is 5.81. The number of hydrogen-bond acceptors (Lipinski definition) is 7. The van der Waals surface area contributed by atoms with Gasteiger partial charge in [-0.25, -0.2) is 9.97 Å². The molecular formula is C23H32N4O4. The molecule has 0 bridgehead atoms. The van der Waals surface area contributed by atoms with E-state index >= 15 is 0 Å². The molecule has 0 atom stereocenters. The Morgan fingerprint density at radius 3 is 2.13 bits per heavy atom. The molecule has 168 valence electrons. The van der Waals surface area contributed by atoms with Gasteiger partial charge in [-0.2, -0.15) is 0 Å². The first-order valence-electron chi connectivity index (χ1n) is 10.7. The van der Waals surface area contributed by atoms with Crippen LogP contribution in [0, 0.1) is 5.92 Å². The summed E-state index contributed by atoms with van der Waals surface area (Å²) in [5.74, 6) is 2.72. The maximum Gasteiger partial charge on any atom is 0.225 e. The zero-order chi connectivity index (χ0) is 22.4. The van der Waals surface area contributed by atoms with Gasteiger partial charge in [0.05, 0.1) is 27.0 Å². The number of nitrogens with zero attached hydrogens (tertiary/aromatic N) is 4. The number of aromatic nitrogens is 2. The number of amides is 1. The van der Waals surface area contributed by atoms with Crippen LogP contribution in [-0.2, 0) is 4.79 Å². The second kappa shape index (κ2) is 10.3. The van der Waals surface area contributed by atoms with Crippen molar-refractivity contribution in [2.45, 2.75) is 26.7 Å². The summed E-state index contributed by atoms with van der Waals surface area (Å²) in [7, 11) is 4.76. The third-order valence-corrected chi connectivity index (χ3v) is 5.81. The zero-order valence-corrected chi connectivity index (χ0v) is 19.1. The molecule has 0 unspecified atom stereocenters. The average Bonchev–Trinajstić information content (AvgIpc) is 2.83. The van der Waals surface area contributed by atoms with E-state index in [1.807, 2.05) is 23.1 Å². The van der Waals surface area contributed by atoms with Crippen LogP contribution in [0.3, 0.4) is 0 Å². The van der Waals surface area contributed by atoms with Gasteiger partial charge in [0.25, 0.3) is 0 Å². The minimum atomic E-state index is 0.117. The SMILES string of the molecule is CCC(CC)C(=O)N1CCN(c2nccc(-c3cc(OC)c(OC)c(OC)c3)n2)CC1. The lowest BCUT2D eigenvalue weighted by Crippen LogP contribution is -2.50. The Balaban J connectivity index is 1.78. The summed E-state index contributed by atoms with van der Waals surface area (Å²) in [6.45, 7) is 6.95. The molecule has 1 saturated heterocycles. The summed E-state index contributed by atoms with van der Waals surface area (Å²) in [5, 5.41) is 0. The summed E-state index contributed by atoms with van der Waals surface area (Å²) in [6, 6.07) is 5.61. The van der Waals surface area contributed by atoms with E-state index in [0.29, 0.717) is 49.4 Å². The highest BCUT2D eigenvalue weighted by Gasteiger charge is 2.26. The smallest absolute Gasteiger partial charge is 0.225 e. The normalized spacial score (nSPS) is 14.0. The van der Waals surface area contributed by atoms with Crippen molar-refractivity contribution in [1.29, 1.82) is 0 Å². The zero-order valence-electron chi connectivity index (χ0n) is 19.1. The second-order valence-electron chi connectivity index (χ2n) is 7.48. The van der Waals surface area contributed by atoms with Gasteiger partial charge in [0.1, 0.15) is 0 Å². The second-order valence-corrected chi connectivity index (χ2v) is 7.48. The van der Waals surface area contributed by atoms with Crippen LogP contribution in [0.2, 0.25) is 0 Å². The van der Waals surface area contributed by atoms with Crippen molar-refractivity contribution in [1.82, 2.24) is 14.9 Å². The average molecular weight is 429 g/mol. The van der Waals surface area contributed by atoms with Crippen molar-refractivity contribution in [3.05, 3.63) is 24.4 Å². The minimum Gasteiger partial charge on any atom is -0.493 e. The monoisotopic (exact) mass is 428 g/mol. The number of carbonyl (C=O) groups is 1. The molecule has 8 nitrogen and oxygen atoms in total. The van der Waals surface area contributed by atoms with E-state index in [9.17, 15) is 4.79 Å². The van der Waals surface area contributed by atoms with Gasteiger partial charge < -0.3 is 24.0 Å². The Morgan fingerprint density at radius 1 is 1.00 bits per heavy atom. The number of carbonyl (C=O) groups excluding carboxylic acids is 1. The van der Waals surface area contributed by atoms with Crippen LogP contribution in [0.1, 0.15) is 26.7 Å². The number of ether oxygens (including phenoxy) is 3. The summed E-state index contributed by atoms with van der Waals surface area (Å²) in [4.78, 5) is 26.0. The molecule has 1 amide bonds. The molecule has 0 saturated carbocycles. The Bertz CT molecular complexity index is 868. The molecule has 3 rings (SSSR count). The molecule has 1 aromatic heterocycles. The van der Waals surface area contributed by atoms with Gasteiger partial charge in [-0.3, -0.25) is 4.79 Å². The Labute approximate surface area is 184 Å². The van der Waals surface area contributed by atoms with Crippen molar-refractivity contribution < 1.29 is 19.0 Å². The van der Waals surface area contributed by atoms with Gasteiger partial charge in [-0.15, -0.1) is 0 Å². The van der Waals surface area contributed by atoms with Crippen molar-refractivity contribution in [3.8, 4) is 28.5 Å². The van der Waals surface area contributed by atoms with Crippen LogP contribution in [-0.4, -0.2) is 68.3 Å². The highest BCUT2D eigenvalue weighted by Crippen LogP contribution is 2.40. The maximum absolute atomic E-state index is 12.7. The van der Waals surface area contributed by atoms with Crippen LogP contribution in [0.25, 0.3) is 11.3 Å². The predicted molar refractivity (Wildman–Crippen MR) is 120 cm³/mol. The minimum absolute atomic E-state index is 0.117. The molecule has 1 fully saturated rings. The number of anilines is 1. The first-order valence-corrected chi connectivity index (χ1v) is 10.7. The molecule has 1 aromatic carbocycles. The summed E-state index contributed by atoms with van der Waals surface area (Å²) in [5.41, 5.74) is 1.61. The fourth-order valence-electron chi connectivity index (χ4n) is 3.91. The topological polar surface area (TPSA) is 77.0 Å². The summed E-state index contributed by atoms with van der Waals surface area (Å²) in [6.07, 6.45) is 3.52. The van der Waals surface area contributed by atoms with Gasteiger partial charge in [0, 0.05) is 43.9 Å². The van der Waals surface area contributed by atoms with Gasteiger partial charge in [-0.05, 0) is 31.0 Å². The highest BCUT2D eigenvalue weighted by molar-refractivity contribution is 5.79. The van der Waals surface area contributed by atoms with Crippen LogP contribution >= 0.6 is 0 Å². The third kappa shape index (κ3) is 4.84. The molecule has 1 aliphatic rings. The quantitative estimate of drug-likeness (QED) is 0.639. The molecule has 0 aliphatic carbocycles. The molecule has 2 aromatic rings. The summed E-state index contributed by atoms with van der Waals surface area (Å²) < 4.78 is 16.3. The van der Waals surface area contributed by atoms with Crippen LogP contribution in [0.5, 0.6) is 17.2 Å². The molecule has 2 heterocycles. The van der Waals surface area contributed by atoms with Gasteiger partial charge in [0.2, 0.25) is 17.6 Å². The highest BCUT2D eigenvalue weighted by atomic mass is 16.5. The first kappa shape index (κ1) is 22.7. The van der Waals surface area contributed by atoms with Crippen LogP contribution < -0.4 is 19.1 Å². The number of piperazine rings is 1. The van der Waals surface area contributed by atoms with E-state index in [1.54, 1.807) is 27.5 Å². The molecule has 0 spiro atoms. The maximum atomic E-state index is 12.7. The van der Waals surface area contributed by atoms with E-state index < -0.39 is 0 Å². The number of rotatable bonds is 8. The first-order chi connectivity index (χ1) is 15.1. The predicted octanol–water partition coefficient (Wildman–Crippen LogP) is 3.25. The van der Waals surface area contributed by atoms with Crippen molar-refractivity contribution >= 4 is 11.9 Å². The standard InChI is InChI=1S/C23H32N4O4/c1-6-16(7-2)22(28)26-10-12-27(13-11-26)23-24-9-8-18(25-23)17-14-19(29-3)21(31-5)20(15-17)30-4/h8-9,14-16H,6-7,10-13H2,1-5H3. The lowest BCUT2D eigenvalue weighted by atomic mass is 10.0. The Morgan fingerprint density at radius 2 is 1.61 bits per heavy atom. The van der Waals surface area contributed by atoms with Crippen molar-refractivity contribution in [2.24, 2.45) is 5.92 Å². The Hall–Kier alpha value is -3.03. The van der Waals surface area contributed by atoms with Crippen molar-refractivity contribution in [2.75, 3.05) is 52.4 Å². The van der Waals surface area contributed by atoms with E-state index in [4.69, 9.17) is 19.2 Å². The van der Waals surface area contributed by atoms with E-state index in [-0.39, 0.29) is 11.8 Å². The van der Waals surface area contributed by atoms with Gasteiger partial charge in [0.15, 0.2) is 11.5 Å². The fraction of sp³-hybridized carbons (Fsp3) is 0.522. The number of benzene rings is 1.